The van der Waals surface area contributed by atoms with Gasteiger partial charge in [0, 0.05) is 39.1 Å². The lowest BCUT2D eigenvalue weighted by Gasteiger charge is -2.22. The van der Waals surface area contributed by atoms with E-state index in [1.807, 2.05) is 18.7 Å². The first-order chi connectivity index (χ1) is 9.08. The molecule has 0 saturated heterocycles. The van der Waals surface area contributed by atoms with Crippen LogP contribution in [0.4, 0.5) is 0 Å². The normalized spacial score (nSPS) is 12.7. The molecule has 0 radical (unpaired) electrons. The second kappa shape index (κ2) is 11.2. The topological polar surface area (TPSA) is 55.8 Å². The lowest BCUT2D eigenvalue weighted by atomic mass is 10.3. The first-order valence-electron chi connectivity index (χ1n) is 7.47. The number of hydrogen-bond donors (Lipinski definition) is 2. The zero-order valence-corrected chi connectivity index (χ0v) is 13.0. The van der Waals surface area contributed by atoms with Crippen molar-refractivity contribution in [3.8, 4) is 0 Å². The Kier molecular flexibility index (Phi) is 10.8. The van der Waals surface area contributed by atoms with E-state index in [1.54, 1.807) is 0 Å². The molecular weight excluding hydrogens is 242 g/mol. The standard InChI is InChI=1S/C14H31N3O2/c1-5-16(6-2)12-13(18)11-15-10-9-14(19)17(7-3)8-4/h13,15,18H,5-12H2,1-4H3. The van der Waals surface area contributed by atoms with Crippen molar-refractivity contribution in [2.24, 2.45) is 0 Å². The van der Waals surface area contributed by atoms with Crippen LogP contribution in [-0.4, -0.2) is 72.7 Å². The molecule has 5 heteroatoms. The van der Waals surface area contributed by atoms with E-state index >= 15 is 0 Å². The van der Waals surface area contributed by atoms with Gasteiger partial charge in [-0.05, 0) is 26.9 Å². The molecule has 0 aliphatic carbocycles. The fourth-order valence-corrected chi connectivity index (χ4v) is 2.04. The molecule has 0 aliphatic heterocycles. The number of carbonyl (C=O) groups excluding carboxylic acids is 1. The van der Waals surface area contributed by atoms with Crippen LogP contribution in [0.15, 0.2) is 0 Å². The van der Waals surface area contributed by atoms with E-state index in [1.165, 1.54) is 0 Å². The highest BCUT2D eigenvalue weighted by atomic mass is 16.3. The minimum absolute atomic E-state index is 0.177. The van der Waals surface area contributed by atoms with Crippen molar-refractivity contribution >= 4 is 5.91 Å². The van der Waals surface area contributed by atoms with Gasteiger partial charge in [-0.15, -0.1) is 0 Å². The largest absolute Gasteiger partial charge is 0.390 e. The lowest BCUT2D eigenvalue weighted by Crippen LogP contribution is -2.39. The van der Waals surface area contributed by atoms with Crippen molar-refractivity contribution in [3.63, 3.8) is 0 Å². The van der Waals surface area contributed by atoms with Gasteiger partial charge in [0.2, 0.25) is 5.91 Å². The minimum atomic E-state index is -0.372. The molecule has 0 aromatic rings. The number of carbonyl (C=O) groups is 1. The van der Waals surface area contributed by atoms with E-state index < -0.39 is 0 Å². The van der Waals surface area contributed by atoms with Crippen LogP contribution in [0.25, 0.3) is 0 Å². The summed E-state index contributed by atoms with van der Waals surface area (Å²) in [6, 6.07) is 0. The maximum Gasteiger partial charge on any atom is 0.223 e. The maximum absolute atomic E-state index is 11.7. The summed E-state index contributed by atoms with van der Waals surface area (Å²) in [6.45, 7) is 13.4. The van der Waals surface area contributed by atoms with Gasteiger partial charge < -0.3 is 20.2 Å². The molecule has 0 rings (SSSR count). The van der Waals surface area contributed by atoms with Gasteiger partial charge >= 0.3 is 0 Å². The molecule has 0 saturated carbocycles. The summed E-state index contributed by atoms with van der Waals surface area (Å²) < 4.78 is 0. The second-order valence-corrected chi connectivity index (χ2v) is 4.66. The second-order valence-electron chi connectivity index (χ2n) is 4.66. The molecule has 2 N–H and O–H groups in total. The molecule has 1 unspecified atom stereocenters. The van der Waals surface area contributed by atoms with Crippen molar-refractivity contribution in [2.75, 3.05) is 45.8 Å². The predicted octanol–water partition coefficient (Wildman–Crippen LogP) is 0.537. The summed E-state index contributed by atoms with van der Waals surface area (Å²) in [5.41, 5.74) is 0. The third kappa shape index (κ3) is 8.18. The third-order valence-electron chi connectivity index (χ3n) is 3.38. The molecule has 114 valence electrons. The molecule has 1 atom stereocenters. The Labute approximate surface area is 118 Å². The van der Waals surface area contributed by atoms with Gasteiger partial charge in [-0.2, -0.15) is 0 Å². The Hall–Kier alpha value is -0.650. The molecule has 0 spiro atoms. The number of aliphatic hydroxyl groups is 1. The summed E-state index contributed by atoms with van der Waals surface area (Å²) in [4.78, 5) is 15.8. The van der Waals surface area contributed by atoms with Crippen molar-refractivity contribution < 1.29 is 9.90 Å². The Morgan fingerprint density at radius 3 is 2.16 bits per heavy atom. The number of amides is 1. The highest BCUT2D eigenvalue weighted by Gasteiger charge is 2.10. The molecule has 0 aromatic carbocycles. The van der Waals surface area contributed by atoms with E-state index in [4.69, 9.17) is 0 Å². The summed E-state index contributed by atoms with van der Waals surface area (Å²) in [6.07, 6.45) is 0.128. The van der Waals surface area contributed by atoms with Gasteiger partial charge in [0.1, 0.15) is 0 Å². The van der Waals surface area contributed by atoms with Crippen LogP contribution in [0.2, 0.25) is 0 Å². The average molecular weight is 273 g/mol. The molecule has 0 aromatic heterocycles. The quantitative estimate of drug-likeness (QED) is 0.540. The molecule has 1 amide bonds. The summed E-state index contributed by atoms with van der Waals surface area (Å²) in [5, 5.41) is 13.0. The summed E-state index contributed by atoms with van der Waals surface area (Å²) in [5.74, 6) is 0.177. The summed E-state index contributed by atoms with van der Waals surface area (Å²) >= 11 is 0. The van der Waals surface area contributed by atoms with Gasteiger partial charge in [0.15, 0.2) is 0 Å². The SMILES string of the molecule is CCN(CC)CC(O)CNCCC(=O)N(CC)CC. The van der Waals surface area contributed by atoms with Gasteiger partial charge in [-0.3, -0.25) is 4.79 Å². The molecule has 0 bridgehead atoms. The third-order valence-corrected chi connectivity index (χ3v) is 3.38. The minimum Gasteiger partial charge on any atom is -0.390 e. The van der Waals surface area contributed by atoms with Crippen LogP contribution in [0.3, 0.4) is 0 Å². The first kappa shape index (κ1) is 18.4. The smallest absolute Gasteiger partial charge is 0.223 e. The summed E-state index contributed by atoms with van der Waals surface area (Å²) in [7, 11) is 0. The molecule has 19 heavy (non-hydrogen) atoms. The number of hydrogen-bond acceptors (Lipinski definition) is 4. The Morgan fingerprint density at radius 1 is 1.11 bits per heavy atom. The highest BCUT2D eigenvalue weighted by molar-refractivity contribution is 5.76. The number of rotatable bonds is 11. The first-order valence-corrected chi connectivity index (χ1v) is 7.47. The van der Waals surface area contributed by atoms with Crippen LogP contribution in [-0.2, 0) is 4.79 Å². The van der Waals surface area contributed by atoms with Gasteiger partial charge in [0.25, 0.3) is 0 Å². The van der Waals surface area contributed by atoms with Crippen LogP contribution in [0.5, 0.6) is 0 Å². The number of aliphatic hydroxyl groups excluding tert-OH is 1. The fourth-order valence-electron chi connectivity index (χ4n) is 2.04. The van der Waals surface area contributed by atoms with Crippen molar-refractivity contribution in [3.05, 3.63) is 0 Å². The van der Waals surface area contributed by atoms with Crippen LogP contribution >= 0.6 is 0 Å². The van der Waals surface area contributed by atoms with E-state index in [9.17, 15) is 9.90 Å². The highest BCUT2D eigenvalue weighted by Crippen LogP contribution is 1.94. The van der Waals surface area contributed by atoms with E-state index in [-0.39, 0.29) is 12.0 Å². The van der Waals surface area contributed by atoms with E-state index in [2.05, 4.69) is 24.1 Å². The predicted molar refractivity (Wildman–Crippen MR) is 79.2 cm³/mol. The van der Waals surface area contributed by atoms with Crippen LogP contribution in [0.1, 0.15) is 34.1 Å². The zero-order valence-electron chi connectivity index (χ0n) is 13.0. The Bertz CT molecular complexity index is 229. The van der Waals surface area contributed by atoms with Gasteiger partial charge in [-0.1, -0.05) is 13.8 Å². The van der Waals surface area contributed by atoms with Crippen LogP contribution < -0.4 is 5.32 Å². The zero-order chi connectivity index (χ0) is 14.7. The van der Waals surface area contributed by atoms with E-state index in [0.29, 0.717) is 26.1 Å². The van der Waals surface area contributed by atoms with Crippen molar-refractivity contribution in [2.45, 2.75) is 40.2 Å². The number of nitrogens with one attached hydrogen (secondary N) is 1. The molecule has 5 nitrogen and oxygen atoms in total. The van der Waals surface area contributed by atoms with Gasteiger partial charge in [-0.25, -0.2) is 0 Å². The Morgan fingerprint density at radius 2 is 1.68 bits per heavy atom. The van der Waals surface area contributed by atoms with Crippen LogP contribution in [0, 0.1) is 0 Å². The molecule has 0 aliphatic rings. The molecule has 0 heterocycles. The Balaban J connectivity index is 3.71. The fraction of sp³-hybridized carbons (Fsp3) is 0.929. The van der Waals surface area contributed by atoms with E-state index in [0.717, 1.165) is 26.2 Å². The number of nitrogens with zero attached hydrogens (tertiary/aromatic N) is 2. The molecular formula is C14H31N3O2. The van der Waals surface area contributed by atoms with Crippen molar-refractivity contribution in [1.82, 2.24) is 15.1 Å². The average Bonchev–Trinajstić information content (AvgIpc) is 2.42. The maximum atomic E-state index is 11.7. The number of likely N-dealkylation sites (N-methyl/N-ethyl adjacent to an activating group) is 1. The molecule has 0 fully saturated rings. The lowest BCUT2D eigenvalue weighted by molar-refractivity contribution is -0.130. The monoisotopic (exact) mass is 273 g/mol. The van der Waals surface area contributed by atoms with Gasteiger partial charge in [0.05, 0.1) is 6.10 Å². The van der Waals surface area contributed by atoms with Crippen molar-refractivity contribution in [1.29, 1.82) is 0 Å².